The molecule has 3 atom stereocenters. The number of amides is 1. The number of aromatic nitrogens is 1. The van der Waals surface area contributed by atoms with E-state index in [4.69, 9.17) is 23.5 Å². The van der Waals surface area contributed by atoms with Gasteiger partial charge in [0.25, 0.3) is 0 Å². The van der Waals surface area contributed by atoms with E-state index in [9.17, 15) is 9.18 Å². The summed E-state index contributed by atoms with van der Waals surface area (Å²) in [6, 6.07) is 0.785. The molecule has 3 unspecified atom stereocenters. The van der Waals surface area contributed by atoms with Gasteiger partial charge in [-0.2, -0.15) is 0 Å². The molecule has 0 bridgehead atoms. The van der Waals surface area contributed by atoms with E-state index in [0.717, 1.165) is 4.90 Å². The van der Waals surface area contributed by atoms with Gasteiger partial charge in [-0.1, -0.05) is 5.16 Å². The molecule has 11 heteroatoms. The fourth-order valence-corrected chi connectivity index (χ4v) is 4.44. The number of cyclic esters (lactones) is 1. The zero-order chi connectivity index (χ0) is 21.7. The Labute approximate surface area is 176 Å². The molecular formula is C20H23F2N3O6. The van der Waals surface area contributed by atoms with E-state index in [1.165, 1.54) is 0 Å². The van der Waals surface area contributed by atoms with E-state index in [1.807, 2.05) is 18.7 Å². The lowest BCUT2D eigenvalue weighted by Crippen LogP contribution is -2.46. The molecule has 0 radical (unpaired) electrons. The van der Waals surface area contributed by atoms with Gasteiger partial charge >= 0.3 is 6.09 Å². The summed E-state index contributed by atoms with van der Waals surface area (Å²) in [5.41, 5.74) is 0.614. The van der Waals surface area contributed by atoms with Crippen LogP contribution in [0, 0.1) is 5.82 Å². The van der Waals surface area contributed by atoms with Gasteiger partial charge in [-0.15, -0.1) is 0 Å². The van der Waals surface area contributed by atoms with E-state index < -0.39 is 30.9 Å². The van der Waals surface area contributed by atoms with Crippen LogP contribution < -0.4 is 9.80 Å². The summed E-state index contributed by atoms with van der Waals surface area (Å²) < 4.78 is 56.7. The summed E-state index contributed by atoms with van der Waals surface area (Å²) in [5.74, 6) is -0.635. The lowest BCUT2D eigenvalue weighted by Gasteiger charge is -2.38. The number of anilines is 2. The van der Waals surface area contributed by atoms with Gasteiger partial charge < -0.3 is 28.4 Å². The highest BCUT2D eigenvalue weighted by Gasteiger charge is 2.39. The maximum atomic E-state index is 15.9. The first kappa shape index (κ1) is 20.4. The van der Waals surface area contributed by atoms with Crippen LogP contribution in [0.3, 0.4) is 0 Å². The minimum absolute atomic E-state index is 0.00793. The molecule has 0 saturated carbocycles. The number of fused-ring (bicyclic) bond motifs is 1. The molecule has 3 fully saturated rings. The molecule has 2 aromatic rings. The normalized spacial score (nSPS) is 27.5. The van der Waals surface area contributed by atoms with Crippen LogP contribution in [0.1, 0.15) is 25.7 Å². The number of hydrogen-bond acceptors (Lipinski definition) is 8. The number of alkyl halides is 1. The van der Waals surface area contributed by atoms with Crippen molar-refractivity contribution in [2.75, 3.05) is 49.4 Å². The van der Waals surface area contributed by atoms with Crippen molar-refractivity contribution < 1.29 is 37.0 Å². The summed E-state index contributed by atoms with van der Waals surface area (Å²) in [4.78, 5) is 15.1. The van der Waals surface area contributed by atoms with Crippen molar-refractivity contribution in [2.45, 2.75) is 38.4 Å². The molecule has 0 spiro atoms. The van der Waals surface area contributed by atoms with E-state index in [-0.39, 0.29) is 41.3 Å². The molecule has 3 aliphatic rings. The van der Waals surface area contributed by atoms with Gasteiger partial charge in [0.05, 0.1) is 36.5 Å². The number of morpholine rings is 1. The number of rotatable bonds is 4. The molecule has 31 heavy (non-hydrogen) atoms. The van der Waals surface area contributed by atoms with E-state index in [2.05, 4.69) is 5.16 Å². The number of carbonyl (C=O) groups is 1. The Morgan fingerprint density at radius 2 is 1.90 bits per heavy atom. The maximum Gasteiger partial charge on any atom is 0.416 e. The van der Waals surface area contributed by atoms with Gasteiger partial charge in [-0.3, -0.25) is 0 Å². The topological polar surface area (TPSA) is 86.5 Å². The van der Waals surface area contributed by atoms with Crippen LogP contribution in [-0.2, 0) is 18.9 Å². The largest absolute Gasteiger partial charge is 0.447 e. The Morgan fingerprint density at radius 3 is 2.58 bits per heavy atom. The lowest BCUT2D eigenvalue weighted by molar-refractivity contribution is -0.0445. The number of nitrogens with zero attached hydrogens (tertiary/aromatic N) is 3. The van der Waals surface area contributed by atoms with Gasteiger partial charge in [0, 0.05) is 18.7 Å². The number of halogens is 2. The quantitative estimate of drug-likeness (QED) is 0.719. The van der Waals surface area contributed by atoms with Crippen molar-refractivity contribution >= 4 is 28.6 Å². The molecule has 1 amide bonds. The predicted octanol–water partition coefficient (Wildman–Crippen LogP) is 2.92. The van der Waals surface area contributed by atoms with Crippen molar-refractivity contribution in [2.24, 2.45) is 0 Å². The second-order valence-electron chi connectivity index (χ2n) is 8.00. The fourth-order valence-electron chi connectivity index (χ4n) is 4.44. The molecule has 4 heterocycles. The molecular weight excluding hydrogens is 416 g/mol. The van der Waals surface area contributed by atoms with Crippen LogP contribution in [0.5, 0.6) is 0 Å². The van der Waals surface area contributed by atoms with Crippen molar-refractivity contribution in [3.8, 4) is 0 Å². The van der Waals surface area contributed by atoms with Gasteiger partial charge in [0.15, 0.2) is 17.9 Å². The van der Waals surface area contributed by atoms with Crippen LogP contribution in [0.2, 0.25) is 0 Å². The molecule has 3 aliphatic heterocycles. The first-order valence-electron chi connectivity index (χ1n) is 10.2. The number of hydrogen-bond donors (Lipinski definition) is 0. The van der Waals surface area contributed by atoms with Crippen molar-refractivity contribution in [1.82, 2.24) is 5.16 Å². The standard InChI is InChI=1S/C20H23F2N3O6/c1-10-7-24(8-11(2)30-10)16-13(19-27-3-4-28-19)5-14-17(15(16)22)31-23-18(14)25-12(6-21)9-29-20(25)26/h5,10-12,19H,3-4,6-9H2,1-2H3. The molecule has 168 valence electrons. The Hall–Kier alpha value is -2.50. The molecule has 9 nitrogen and oxygen atoms in total. The van der Waals surface area contributed by atoms with Crippen LogP contribution >= 0.6 is 0 Å². The highest BCUT2D eigenvalue weighted by Crippen LogP contribution is 2.42. The van der Waals surface area contributed by atoms with Gasteiger partial charge in [-0.05, 0) is 19.9 Å². The maximum absolute atomic E-state index is 15.9. The summed E-state index contributed by atoms with van der Waals surface area (Å²) in [7, 11) is 0. The van der Waals surface area contributed by atoms with Gasteiger partial charge in [-0.25, -0.2) is 18.5 Å². The summed E-state index contributed by atoms with van der Waals surface area (Å²) in [6.07, 6.45) is -1.75. The second kappa shape index (κ2) is 7.88. The monoisotopic (exact) mass is 439 g/mol. The lowest BCUT2D eigenvalue weighted by atomic mass is 10.0. The van der Waals surface area contributed by atoms with E-state index in [0.29, 0.717) is 31.9 Å². The number of carbonyl (C=O) groups excluding carboxylic acids is 1. The third kappa shape index (κ3) is 3.40. The Morgan fingerprint density at radius 1 is 1.19 bits per heavy atom. The molecule has 5 rings (SSSR count). The average molecular weight is 439 g/mol. The van der Waals surface area contributed by atoms with Crippen molar-refractivity contribution in [3.05, 3.63) is 17.4 Å². The SMILES string of the molecule is CC1CN(c2c(C3OCCO3)cc3c(N4C(=O)OCC4CF)noc3c2F)CC(C)O1. The molecule has 1 aromatic heterocycles. The zero-order valence-electron chi connectivity index (χ0n) is 17.2. The Bertz CT molecular complexity index is 985. The van der Waals surface area contributed by atoms with E-state index in [1.54, 1.807) is 6.07 Å². The van der Waals surface area contributed by atoms with Gasteiger partial charge in [0.1, 0.15) is 19.3 Å². The molecule has 0 N–H and O–H groups in total. The highest BCUT2D eigenvalue weighted by molar-refractivity contribution is 6.01. The van der Waals surface area contributed by atoms with Crippen LogP contribution in [0.4, 0.5) is 25.1 Å². The minimum Gasteiger partial charge on any atom is -0.447 e. The van der Waals surface area contributed by atoms with Crippen LogP contribution in [0.25, 0.3) is 11.0 Å². The summed E-state index contributed by atoms with van der Waals surface area (Å²) in [6.45, 7) is 4.58. The van der Waals surface area contributed by atoms with E-state index >= 15 is 4.39 Å². The Kier molecular flexibility index (Phi) is 5.19. The highest BCUT2D eigenvalue weighted by atomic mass is 19.1. The van der Waals surface area contributed by atoms with Crippen molar-refractivity contribution in [1.29, 1.82) is 0 Å². The third-order valence-electron chi connectivity index (χ3n) is 5.67. The minimum atomic E-state index is -0.855. The average Bonchev–Trinajstić information content (AvgIpc) is 3.46. The smallest absolute Gasteiger partial charge is 0.416 e. The molecule has 3 saturated heterocycles. The van der Waals surface area contributed by atoms with Gasteiger partial charge in [0.2, 0.25) is 5.58 Å². The second-order valence-corrected chi connectivity index (χ2v) is 8.00. The first-order valence-corrected chi connectivity index (χ1v) is 10.2. The third-order valence-corrected chi connectivity index (χ3v) is 5.67. The molecule has 1 aromatic carbocycles. The molecule has 0 aliphatic carbocycles. The number of benzene rings is 1. The summed E-state index contributed by atoms with van der Waals surface area (Å²) in [5, 5.41) is 4.11. The first-order chi connectivity index (χ1) is 15.0. The fraction of sp³-hybridized carbons (Fsp3) is 0.600. The van der Waals surface area contributed by atoms with Crippen molar-refractivity contribution in [3.63, 3.8) is 0 Å². The van der Waals surface area contributed by atoms with Crippen LogP contribution in [-0.4, -0.2) is 69.1 Å². The number of ether oxygens (including phenoxy) is 4. The van der Waals surface area contributed by atoms with Crippen LogP contribution in [0.15, 0.2) is 10.6 Å². The predicted molar refractivity (Wildman–Crippen MR) is 104 cm³/mol. The Balaban J connectivity index is 1.66. The summed E-state index contributed by atoms with van der Waals surface area (Å²) >= 11 is 0. The zero-order valence-corrected chi connectivity index (χ0v) is 17.2.